The van der Waals surface area contributed by atoms with Crippen LogP contribution in [0.25, 0.3) is 17.0 Å². The maximum Gasteiger partial charge on any atom is 0.296 e. The second-order valence-electron chi connectivity index (χ2n) is 9.64. The number of para-hydroxylation sites is 2. The molecule has 12 heteroatoms. The molecular weight excluding hydrogens is 484 g/mol. The molecule has 0 aliphatic carbocycles. The number of benzene rings is 1. The van der Waals surface area contributed by atoms with E-state index in [0.29, 0.717) is 61.3 Å². The topological polar surface area (TPSA) is 97.6 Å². The fourth-order valence-electron chi connectivity index (χ4n) is 5.33. The number of carbonyl (C=O) groups is 1. The third kappa shape index (κ3) is 4.71. The molecule has 3 aliphatic rings. The number of morpholine rings is 1. The van der Waals surface area contributed by atoms with Crippen LogP contribution < -0.4 is 15.1 Å². The molecule has 1 aromatic carbocycles. The highest BCUT2D eigenvalue weighted by molar-refractivity contribution is 5.84. The second kappa shape index (κ2) is 10.2. The van der Waals surface area contributed by atoms with Crippen molar-refractivity contribution < 1.29 is 23.0 Å². The Kier molecular flexibility index (Phi) is 6.59. The van der Waals surface area contributed by atoms with Gasteiger partial charge in [0.05, 0.1) is 48.7 Å². The lowest BCUT2D eigenvalue weighted by Crippen LogP contribution is -2.57. The average molecular weight is 514 g/mol. The number of hydrogen-bond donors (Lipinski definition) is 1. The van der Waals surface area contributed by atoms with Crippen LogP contribution in [-0.4, -0.2) is 84.1 Å². The van der Waals surface area contributed by atoms with Crippen molar-refractivity contribution in [3.8, 4) is 5.95 Å². The molecule has 0 radical (unpaired) electrons. The average Bonchev–Trinajstić information content (AvgIpc) is 3.32. The number of ether oxygens (including phenoxy) is 2. The number of nitrogens with one attached hydrogen (secondary N) is 1. The number of hydrogen-bond acceptors (Lipinski definition) is 8. The molecule has 1 N–H and O–H groups in total. The van der Waals surface area contributed by atoms with E-state index in [1.165, 1.54) is 4.57 Å². The van der Waals surface area contributed by atoms with E-state index >= 15 is 0 Å². The lowest BCUT2D eigenvalue weighted by molar-refractivity contribution is -0.120. The van der Waals surface area contributed by atoms with Crippen molar-refractivity contribution in [1.82, 2.24) is 24.8 Å². The van der Waals surface area contributed by atoms with Crippen molar-refractivity contribution in [3.63, 3.8) is 0 Å². The Balaban J connectivity index is 1.31. The molecule has 37 heavy (non-hydrogen) atoms. The largest absolute Gasteiger partial charge is 0.381 e. The molecule has 0 saturated carbocycles. The molecule has 5 heterocycles. The van der Waals surface area contributed by atoms with Crippen molar-refractivity contribution >= 4 is 28.4 Å². The number of amides is 1. The summed E-state index contributed by atoms with van der Waals surface area (Å²) in [5, 5.41) is 3.06. The quantitative estimate of drug-likeness (QED) is 0.537. The normalized spacial score (nSPS) is 20.2. The van der Waals surface area contributed by atoms with Gasteiger partial charge in [-0.1, -0.05) is 12.1 Å². The zero-order valence-electron chi connectivity index (χ0n) is 20.4. The number of rotatable bonds is 6. The summed E-state index contributed by atoms with van der Waals surface area (Å²) >= 11 is 0. The van der Waals surface area contributed by atoms with E-state index in [2.05, 4.69) is 20.2 Å². The van der Waals surface area contributed by atoms with E-state index in [9.17, 15) is 13.6 Å². The minimum atomic E-state index is -2.79. The number of alkyl halides is 2. The molecule has 0 spiro atoms. The van der Waals surface area contributed by atoms with Crippen LogP contribution in [0.3, 0.4) is 0 Å². The van der Waals surface area contributed by atoms with Gasteiger partial charge in [0.15, 0.2) is 11.6 Å². The molecule has 196 valence electrons. The highest BCUT2D eigenvalue weighted by Crippen LogP contribution is 2.36. The number of nitrogens with zero attached hydrogens (tertiary/aromatic N) is 6. The first kappa shape index (κ1) is 24.0. The van der Waals surface area contributed by atoms with Crippen LogP contribution in [0.4, 0.5) is 20.3 Å². The number of anilines is 2. The van der Waals surface area contributed by atoms with Gasteiger partial charge in [0, 0.05) is 32.8 Å². The van der Waals surface area contributed by atoms with E-state index in [4.69, 9.17) is 14.5 Å². The molecular formula is C25H29F2N7O3. The van der Waals surface area contributed by atoms with Crippen LogP contribution in [0.15, 0.2) is 30.5 Å². The van der Waals surface area contributed by atoms with Crippen molar-refractivity contribution in [2.75, 3.05) is 62.4 Å². The zero-order valence-corrected chi connectivity index (χ0v) is 20.4. The van der Waals surface area contributed by atoms with Crippen LogP contribution >= 0.6 is 0 Å². The summed E-state index contributed by atoms with van der Waals surface area (Å²) in [5.41, 5.74) is 1.66. The SMILES string of the molecule is O=C(CN1C[C@@H]2COCCN2c2nc(-n3c(C(F)F)nc4ccccc43)ncc21)NCC1CCOCC1. The monoisotopic (exact) mass is 513 g/mol. The van der Waals surface area contributed by atoms with Gasteiger partial charge in [0.1, 0.15) is 0 Å². The Bertz CT molecular complexity index is 1280. The van der Waals surface area contributed by atoms with Gasteiger partial charge in [0.2, 0.25) is 11.9 Å². The highest BCUT2D eigenvalue weighted by atomic mass is 19.3. The summed E-state index contributed by atoms with van der Waals surface area (Å²) in [6.45, 7) is 4.47. The van der Waals surface area contributed by atoms with Crippen LogP contribution in [0, 0.1) is 5.92 Å². The molecule has 2 aromatic heterocycles. The molecule has 2 saturated heterocycles. The summed E-state index contributed by atoms with van der Waals surface area (Å²) in [7, 11) is 0. The van der Waals surface area contributed by atoms with Crippen molar-refractivity contribution in [2.24, 2.45) is 5.92 Å². The summed E-state index contributed by atoms with van der Waals surface area (Å²) in [6.07, 6.45) is 0.723. The lowest BCUT2D eigenvalue weighted by Gasteiger charge is -2.45. The van der Waals surface area contributed by atoms with Crippen LogP contribution in [0.5, 0.6) is 0 Å². The first-order valence-electron chi connectivity index (χ1n) is 12.6. The molecule has 3 aromatic rings. The van der Waals surface area contributed by atoms with Crippen LogP contribution in [-0.2, 0) is 14.3 Å². The van der Waals surface area contributed by atoms with Gasteiger partial charge in [-0.3, -0.25) is 9.36 Å². The van der Waals surface area contributed by atoms with Gasteiger partial charge in [-0.2, -0.15) is 4.98 Å². The van der Waals surface area contributed by atoms with E-state index in [1.54, 1.807) is 30.5 Å². The van der Waals surface area contributed by atoms with Crippen molar-refractivity contribution in [3.05, 3.63) is 36.3 Å². The van der Waals surface area contributed by atoms with Crippen molar-refractivity contribution in [2.45, 2.75) is 25.3 Å². The van der Waals surface area contributed by atoms with Crippen LogP contribution in [0.2, 0.25) is 0 Å². The Morgan fingerprint density at radius 2 is 1.97 bits per heavy atom. The first-order valence-corrected chi connectivity index (χ1v) is 12.6. The Labute approximate surface area is 212 Å². The van der Waals surface area contributed by atoms with Crippen LogP contribution in [0.1, 0.15) is 25.1 Å². The molecule has 6 rings (SSSR count). The number of halogens is 2. The Morgan fingerprint density at radius 3 is 2.81 bits per heavy atom. The minimum Gasteiger partial charge on any atom is -0.381 e. The fraction of sp³-hybridized carbons (Fsp3) is 0.520. The van der Waals surface area contributed by atoms with Gasteiger partial charge in [-0.25, -0.2) is 18.7 Å². The molecule has 10 nitrogen and oxygen atoms in total. The van der Waals surface area contributed by atoms with Gasteiger partial charge in [0.25, 0.3) is 6.43 Å². The lowest BCUT2D eigenvalue weighted by atomic mass is 10.0. The molecule has 2 fully saturated rings. The predicted molar refractivity (Wildman–Crippen MR) is 132 cm³/mol. The maximum absolute atomic E-state index is 13.9. The van der Waals surface area contributed by atoms with Gasteiger partial charge in [-0.05, 0) is 30.9 Å². The van der Waals surface area contributed by atoms with Crippen molar-refractivity contribution in [1.29, 1.82) is 0 Å². The molecule has 3 aliphatic heterocycles. The Morgan fingerprint density at radius 1 is 1.14 bits per heavy atom. The third-order valence-electron chi connectivity index (χ3n) is 7.25. The minimum absolute atomic E-state index is 0.0126. The van der Waals surface area contributed by atoms with E-state index in [0.717, 1.165) is 26.1 Å². The predicted octanol–water partition coefficient (Wildman–Crippen LogP) is 2.32. The summed E-state index contributed by atoms with van der Waals surface area (Å²) in [5.74, 6) is 0.680. The molecule has 0 bridgehead atoms. The first-order chi connectivity index (χ1) is 18.1. The number of aromatic nitrogens is 4. The summed E-state index contributed by atoms with van der Waals surface area (Å²) in [6, 6.07) is 6.93. The van der Waals surface area contributed by atoms with E-state index in [-0.39, 0.29) is 24.4 Å². The number of carbonyl (C=O) groups excluding carboxylic acids is 1. The summed E-state index contributed by atoms with van der Waals surface area (Å²) in [4.78, 5) is 30.3. The zero-order chi connectivity index (χ0) is 25.4. The number of fused-ring (bicyclic) bond motifs is 4. The molecule has 1 amide bonds. The third-order valence-corrected chi connectivity index (χ3v) is 7.25. The standard InChI is InChI=1S/C25H29F2N7O3/c26-22(27)24-30-18-3-1-2-4-19(18)34(24)25-29-12-20-23(31-25)33-7-10-37-15-17(33)13-32(20)14-21(35)28-11-16-5-8-36-9-6-16/h1-4,12,16-17,22H,5-11,13-15H2,(H,28,35)/t17-/m1/s1. The van der Waals surface area contributed by atoms with Gasteiger partial charge >= 0.3 is 0 Å². The fourth-order valence-corrected chi connectivity index (χ4v) is 5.33. The highest BCUT2D eigenvalue weighted by Gasteiger charge is 2.36. The Hall–Kier alpha value is -3.38. The van der Waals surface area contributed by atoms with E-state index in [1.807, 2.05) is 4.90 Å². The number of imidazole rings is 1. The molecule has 0 unspecified atom stereocenters. The maximum atomic E-state index is 13.9. The second-order valence-corrected chi connectivity index (χ2v) is 9.64. The van der Waals surface area contributed by atoms with Gasteiger partial charge < -0.3 is 24.6 Å². The molecule has 1 atom stereocenters. The smallest absolute Gasteiger partial charge is 0.296 e. The van der Waals surface area contributed by atoms with Gasteiger partial charge in [-0.15, -0.1) is 0 Å². The summed E-state index contributed by atoms with van der Waals surface area (Å²) < 4.78 is 40.3. The van der Waals surface area contributed by atoms with E-state index < -0.39 is 12.2 Å².